The second-order valence-corrected chi connectivity index (χ2v) is 12.3. The van der Waals surface area contributed by atoms with E-state index in [2.05, 4.69) is 5.32 Å². The quantitative estimate of drug-likeness (QED) is 0.276. The first kappa shape index (κ1) is 32.9. The number of sulfonamides is 1. The van der Waals surface area contributed by atoms with Crippen molar-refractivity contribution in [2.75, 3.05) is 10.8 Å². The number of nitrogens with one attached hydrogen (secondary N) is 1. The van der Waals surface area contributed by atoms with Crippen LogP contribution in [0.5, 0.6) is 0 Å². The third-order valence-corrected chi connectivity index (χ3v) is 8.87. The fourth-order valence-corrected chi connectivity index (χ4v) is 5.84. The van der Waals surface area contributed by atoms with E-state index < -0.39 is 56.9 Å². The number of nitrogens with zero attached hydrogens (tertiary/aromatic N) is 2. The highest BCUT2D eigenvalue weighted by atomic mass is 35.5. The average molecular weight is 624 g/mol. The summed E-state index contributed by atoms with van der Waals surface area (Å²) in [6.07, 6.45) is -4.23. The standard InChI is InChI=1S/C30H33ClF3N3O4S/c1-5-21(3)35-29(39)22(4)36(18-23-11-9-10-20(2)16-23)28(38)19-37(42(40,41)25-12-7-6-8-13-25)24-14-15-27(31)26(17-24)30(32,33)34/h6-17,21-22H,5,18-19H2,1-4H3,(H,35,39). The highest BCUT2D eigenvalue weighted by Gasteiger charge is 2.37. The molecular weight excluding hydrogens is 591 g/mol. The predicted octanol–water partition coefficient (Wildman–Crippen LogP) is 6.19. The monoisotopic (exact) mass is 623 g/mol. The molecule has 3 aromatic rings. The molecule has 7 nitrogen and oxygen atoms in total. The summed E-state index contributed by atoms with van der Waals surface area (Å²) < 4.78 is 69.4. The molecule has 0 fully saturated rings. The number of alkyl halides is 3. The van der Waals surface area contributed by atoms with Crippen molar-refractivity contribution >= 4 is 39.1 Å². The van der Waals surface area contributed by atoms with Gasteiger partial charge in [-0.05, 0) is 63.1 Å². The van der Waals surface area contributed by atoms with E-state index in [-0.39, 0.29) is 17.5 Å². The largest absolute Gasteiger partial charge is 0.417 e. The maximum atomic E-state index is 13.9. The van der Waals surface area contributed by atoms with Gasteiger partial charge in [0.2, 0.25) is 11.8 Å². The van der Waals surface area contributed by atoms with Crippen LogP contribution in [0.4, 0.5) is 18.9 Å². The molecule has 0 saturated heterocycles. The van der Waals surface area contributed by atoms with Crippen molar-refractivity contribution in [2.45, 2.75) is 63.8 Å². The van der Waals surface area contributed by atoms with Crippen LogP contribution in [0.1, 0.15) is 43.9 Å². The summed E-state index contributed by atoms with van der Waals surface area (Å²) in [4.78, 5) is 28.0. The van der Waals surface area contributed by atoms with Crippen molar-refractivity contribution in [3.63, 3.8) is 0 Å². The maximum absolute atomic E-state index is 13.9. The van der Waals surface area contributed by atoms with E-state index in [1.54, 1.807) is 18.2 Å². The zero-order chi connectivity index (χ0) is 31.2. The Morgan fingerprint density at radius 1 is 0.976 bits per heavy atom. The molecule has 226 valence electrons. The van der Waals surface area contributed by atoms with Gasteiger partial charge in [-0.2, -0.15) is 13.2 Å². The van der Waals surface area contributed by atoms with E-state index >= 15 is 0 Å². The minimum absolute atomic E-state index is 0.0384. The molecule has 12 heteroatoms. The molecule has 0 aromatic heterocycles. The first-order valence-electron chi connectivity index (χ1n) is 13.2. The smallest absolute Gasteiger partial charge is 0.352 e. The van der Waals surface area contributed by atoms with Gasteiger partial charge in [0.1, 0.15) is 12.6 Å². The van der Waals surface area contributed by atoms with Gasteiger partial charge in [0, 0.05) is 12.6 Å². The van der Waals surface area contributed by atoms with Crippen LogP contribution in [-0.4, -0.2) is 43.8 Å². The fourth-order valence-electron chi connectivity index (χ4n) is 4.19. The van der Waals surface area contributed by atoms with Gasteiger partial charge in [0.15, 0.2) is 0 Å². The van der Waals surface area contributed by atoms with Gasteiger partial charge in [-0.3, -0.25) is 13.9 Å². The van der Waals surface area contributed by atoms with Gasteiger partial charge in [-0.1, -0.05) is 66.6 Å². The maximum Gasteiger partial charge on any atom is 0.417 e. The molecule has 2 atom stereocenters. The molecule has 42 heavy (non-hydrogen) atoms. The summed E-state index contributed by atoms with van der Waals surface area (Å²) >= 11 is 5.80. The summed E-state index contributed by atoms with van der Waals surface area (Å²) in [6, 6.07) is 15.7. The number of hydrogen-bond acceptors (Lipinski definition) is 4. The number of rotatable bonds is 11. The molecule has 0 spiro atoms. The van der Waals surface area contributed by atoms with E-state index in [1.807, 2.05) is 32.9 Å². The van der Waals surface area contributed by atoms with Crippen molar-refractivity contribution in [2.24, 2.45) is 0 Å². The molecule has 0 radical (unpaired) electrons. The predicted molar refractivity (Wildman–Crippen MR) is 157 cm³/mol. The Hall–Kier alpha value is -3.57. The van der Waals surface area contributed by atoms with Gasteiger partial charge >= 0.3 is 6.18 Å². The van der Waals surface area contributed by atoms with Crippen molar-refractivity contribution in [1.29, 1.82) is 0 Å². The minimum Gasteiger partial charge on any atom is -0.352 e. The second kappa shape index (κ2) is 13.6. The van der Waals surface area contributed by atoms with Gasteiger partial charge in [-0.15, -0.1) is 0 Å². The number of hydrogen-bond donors (Lipinski definition) is 1. The summed E-state index contributed by atoms with van der Waals surface area (Å²) in [6.45, 7) is 6.17. The Morgan fingerprint density at radius 2 is 1.64 bits per heavy atom. The third kappa shape index (κ3) is 8.04. The first-order chi connectivity index (χ1) is 19.6. The number of amides is 2. The zero-order valence-electron chi connectivity index (χ0n) is 23.7. The molecule has 1 N–H and O–H groups in total. The first-order valence-corrected chi connectivity index (χ1v) is 15.1. The number of benzene rings is 3. The SMILES string of the molecule is CCC(C)NC(=O)C(C)N(Cc1cccc(C)c1)C(=O)CN(c1ccc(Cl)c(C(F)(F)F)c1)S(=O)(=O)c1ccccc1. The Morgan fingerprint density at radius 3 is 2.24 bits per heavy atom. The minimum atomic E-state index is -4.88. The molecule has 3 aromatic carbocycles. The number of aryl methyl sites for hydroxylation is 1. The van der Waals surface area contributed by atoms with Crippen molar-refractivity contribution in [3.8, 4) is 0 Å². The Bertz CT molecular complexity index is 1520. The second-order valence-electron chi connectivity index (χ2n) is 9.99. The molecule has 0 saturated carbocycles. The molecule has 0 heterocycles. The van der Waals surface area contributed by atoms with Crippen molar-refractivity contribution < 1.29 is 31.2 Å². The van der Waals surface area contributed by atoms with E-state index in [9.17, 15) is 31.2 Å². The van der Waals surface area contributed by atoms with Crippen LogP contribution in [-0.2, 0) is 32.3 Å². The van der Waals surface area contributed by atoms with Crippen LogP contribution in [0.25, 0.3) is 0 Å². The number of halogens is 4. The van der Waals surface area contributed by atoms with Crippen LogP contribution in [0.3, 0.4) is 0 Å². The molecule has 3 rings (SSSR count). The topological polar surface area (TPSA) is 86.8 Å². The van der Waals surface area contributed by atoms with E-state index in [0.717, 1.165) is 17.7 Å². The van der Waals surface area contributed by atoms with Gasteiger partial charge in [0.05, 0.1) is 21.2 Å². The van der Waals surface area contributed by atoms with E-state index in [0.29, 0.717) is 22.4 Å². The number of carbonyl (C=O) groups excluding carboxylic acids is 2. The highest BCUT2D eigenvalue weighted by Crippen LogP contribution is 2.38. The van der Waals surface area contributed by atoms with Crippen LogP contribution in [0.15, 0.2) is 77.7 Å². The normalized spacial score (nSPS) is 13.2. The molecule has 0 aliphatic rings. The molecule has 2 unspecified atom stereocenters. The molecular formula is C30H33ClF3N3O4S. The summed E-state index contributed by atoms with van der Waals surface area (Å²) in [5, 5.41) is 2.21. The van der Waals surface area contributed by atoms with E-state index in [1.165, 1.54) is 36.1 Å². The lowest BCUT2D eigenvalue weighted by Gasteiger charge is -2.32. The van der Waals surface area contributed by atoms with Crippen molar-refractivity contribution in [3.05, 3.63) is 94.5 Å². The Balaban J connectivity index is 2.11. The summed E-state index contributed by atoms with van der Waals surface area (Å²) in [5.41, 5.74) is -0.0583. The molecule has 0 bridgehead atoms. The number of anilines is 1. The van der Waals surface area contributed by atoms with E-state index in [4.69, 9.17) is 11.6 Å². The van der Waals surface area contributed by atoms with Gasteiger partial charge in [0.25, 0.3) is 10.0 Å². The summed E-state index contributed by atoms with van der Waals surface area (Å²) in [7, 11) is -4.53. The van der Waals surface area contributed by atoms with Crippen LogP contribution >= 0.6 is 11.6 Å². The molecule has 2 amide bonds. The molecule has 0 aliphatic carbocycles. The zero-order valence-corrected chi connectivity index (χ0v) is 25.2. The average Bonchev–Trinajstić information content (AvgIpc) is 2.94. The molecule has 0 aliphatic heterocycles. The lowest BCUT2D eigenvalue weighted by atomic mass is 10.1. The highest BCUT2D eigenvalue weighted by molar-refractivity contribution is 7.92. The lowest BCUT2D eigenvalue weighted by Crippen LogP contribution is -2.52. The van der Waals surface area contributed by atoms with Crippen LogP contribution in [0, 0.1) is 6.92 Å². The van der Waals surface area contributed by atoms with Crippen molar-refractivity contribution in [1.82, 2.24) is 10.2 Å². The fraction of sp³-hybridized carbons (Fsp3) is 0.333. The lowest BCUT2D eigenvalue weighted by molar-refractivity contribution is -0.139. The summed E-state index contributed by atoms with van der Waals surface area (Å²) in [5.74, 6) is -1.24. The Labute approximate surface area is 249 Å². The van der Waals surface area contributed by atoms with Gasteiger partial charge in [-0.25, -0.2) is 8.42 Å². The third-order valence-electron chi connectivity index (χ3n) is 6.76. The van der Waals surface area contributed by atoms with Gasteiger partial charge < -0.3 is 10.2 Å². The van der Waals surface area contributed by atoms with Crippen LogP contribution in [0.2, 0.25) is 5.02 Å². The Kier molecular flexibility index (Phi) is 10.7. The van der Waals surface area contributed by atoms with Crippen LogP contribution < -0.4 is 9.62 Å². The number of carbonyl (C=O) groups is 2.